The Morgan fingerprint density at radius 1 is 1.00 bits per heavy atom. The summed E-state index contributed by atoms with van der Waals surface area (Å²) in [5, 5.41) is 0. The normalized spacial score (nSPS) is 1.20. The van der Waals surface area contributed by atoms with Crippen LogP contribution in [-0.4, -0.2) is 5.48 Å². The van der Waals surface area contributed by atoms with E-state index in [0.29, 0.717) is 0 Å². The summed E-state index contributed by atoms with van der Waals surface area (Å²) in [6.07, 6.45) is 0. The Bertz CT molecular complexity index is 6.85. The van der Waals surface area contributed by atoms with E-state index in [1.54, 1.807) is 0 Å². The molecule has 2 N–H and O–H groups in total. The van der Waals surface area contributed by atoms with Gasteiger partial charge in [-0.1, -0.05) is 0 Å². The molecule has 0 fully saturated rings. The van der Waals surface area contributed by atoms with Crippen molar-refractivity contribution in [2.75, 3.05) is 0 Å². The van der Waals surface area contributed by atoms with Gasteiger partial charge < -0.3 is 29.5 Å². The summed E-state index contributed by atoms with van der Waals surface area (Å²) >= 11 is 4.24. The van der Waals surface area contributed by atoms with Gasteiger partial charge >= 0.3 is 51.4 Å². The van der Waals surface area contributed by atoms with Crippen molar-refractivity contribution in [2.45, 2.75) is 0 Å². The van der Waals surface area contributed by atoms with Crippen molar-refractivity contribution in [1.82, 2.24) is 0 Å². The van der Waals surface area contributed by atoms with Crippen molar-refractivity contribution in [1.29, 1.82) is 0 Å². The average Bonchev–Trinajstić information content (AvgIpc) is 1.00. The van der Waals surface area contributed by atoms with Crippen LogP contribution in [0.3, 0.4) is 0 Å². The Morgan fingerprint density at radius 2 is 1.00 bits per heavy atom. The Hall–Kier alpha value is 3.79. The van der Waals surface area contributed by atoms with Crippen molar-refractivity contribution in [2.24, 2.45) is 0 Å². The summed E-state index contributed by atoms with van der Waals surface area (Å²) in [6.45, 7) is 0. The molecule has 0 spiro atoms. The van der Waals surface area contributed by atoms with E-state index in [1.165, 1.54) is 0 Å². The van der Waals surface area contributed by atoms with E-state index in [-0.39, 0.29) is 80.8 Å². The first-order chi connectivity index (χ1) is 1.00. The smallest absolute Gasteiger partial charge is 1.00 e. The van der Waals surface area contributed by atoms with E-state index in [9.17, 15) is 0 Å². The molecule has 0 saturated heterocycles. The predicted molar refractivity (Wildman–Crippen MR) is 31.7 cm³/mol. The topological polar surface area (TPSA) is 31.5 Å². The van der Waals surface area contributed by atoms with Gasteiger partial charge in [-0.3, -0.25) is 0 Å². The summed E-state index contributed by atoms with van der Waals surface area (Å²) in [4.78, 5) is 0. The second kappa shape index (κ2) is 25.0. The van der Waals surface area contributed by atoms with Gasteiger partial charge in [0.15, 0.2) is 0 Å². The maximum Gasteiger partial charge on any atom is 1.00 e. The molecule has 5 heteroatoms. The van der Waals surface area contributed by atoms with Crippen molar-refractivity contribution >= 4 is 37.2 Å². The molecule has 5 heavy (non-hydrogen) atoms. The standard InChI is InChI=1S/I2.HI.K.H2O/c1-2;;;/h;1H;;1H2/q;;+1;/p-1. The van der Waals surface area contributed by atoms with Gasteiger partial charge in [-0.05, 0) is 0 Å². The van der Waals surface area contributed by atoms with Gasteiger partial charge in [0.1, 0.15) is 0 Å². The molecule has 0 rings (SSSR count). The number of hydrogen-bond donors (Lipinski definition) is 0. The molecule has 0 aromatic rings. The van der Waals surface area contributed by atoms with Gasteiger partial charge in [-0.25, -0.2) is 0 Å². The molecule has 0 aliphatic heterocycles. The molecule has 0 atom stereocenters. The Labute approximate surface area is 114 Å². The molecule has 0 unspecified atom stereocenters. The van der Waals surface area contributed by atoms with Crippen LogP contribution in [0.5, 0.6) is 0 Å². The van der Waals surface area contributed by atoms with Gasteiger partial charge in [-0.15, -0.1) is 0 Å². The van der Waals surface area contributed by atoms with Crippen LogP contribution >= 0.6 is 37.2 Å². The minimum absolute atomic E-state index is 0. The minimum atomic E-state index is 0. The van der Waals surface area contributed by atoms with Crippen molar-refractivity contribution in [3.05, 3.63) is 0 Å². The van der Waals surface area contributed by atoms with E-state index in [0.717, 1.165) is 0 Å². The van der Waals surface area contributed by atoms with E-state index >= 15 is 0 Å². The molecular weight excluding hydrogens is 436 g/mol. The van der Waals surface area contributed by atoms with E-state index in [2.05, 4.69) is 37.2 Å². The second-order valence-electron chi connectivity index (χ2n) is 0. The van der Waals surface area contributed by atoms with Gasteiger partial charge in [0.05, 0.1) is 0 Å². The van der Waals surface area contributed by atoms with Crippen LogP contribution in [0.2, 0.25) is 0 Å². The van der Waals surface area contributed by atoms with Crippen molar-refractivity contribution in [3.8, 4) is 0 Å². The van der Waals surface area contributed by atoms with Crippen molar-refractivity contribution < 1.29 is 80.8 Å². The van der Waals surface area contributed by atoms with E-state index < -0.39 is 0 Å². The summed E-state index contributed by atoms with van der Waals surface area (Å²) in [5.74, 6) is 0. The van der Waals surface area contributed by atoms with Crippen LogP contribution in [0.25, 0.3) is 0 Å². The zero-order chi connectivity index (χ0) is 2.00. The number of hydrogen-bond acceptors (Lipinski definition) is 0. The molecule has 0 aromatic carbocycles. The third-order valence-corrected chi connectivity index (χ3v) is 0. The second-order valence-corrected chi connectivity index (χ2v) is 0. The number of rotatable bonds is 0. The maximum atomic E-state index is 2.12. The first-order valence-corrected chi connectivity index (χ1v) is 6.43. The molecule has 0 aromatic heterocycles. The molecule has 1 nitrogen and oxygen atoms in total. The van der Waals surface area contributed by atoms with Crippen LogP contribution in [-0.2, 0) is 0 Å². The molecule has 0 amide bonds. The SMILES string of the molecule is II.O.[I-].[K+]. The van der Waals surface area contributed by atoms with E-state index in [4.69, 9.17) is 0 Å². The molecule has 0 bridgehead atoms. The average molecular weight is 438 g/mol. The summed E-state index contributed by atoms with van der Waals surface area (Å²) in [5.41, 5.74) is 0. The van der Waals surface area contributed by atoms with Gasteiger partial charge in [-0.2, -0.15) is 0 Å². The number of halogens is 3. The molecule has 0 heterocycles. The third-order valence-electron chi connectivity index (χ3n) is 0. The molecule has 0 aliphatic rings. The summed E-state index contributed by atoms with van der Waals surface area (Å²) in [7, 11) is 0. The Balaban J connectivity index is -0.00000000167. The van der Waals surface area contributed by atoms with E-state index in [1.807, 2.05) is 0 Å². The maximum absolute atomic E-state index is 2.12. The van der Waals surface area contributed by atoms with Crippen LogP contribution in [0.4, 0.5) is 0 Å². The Kier molecular flexibility index (Phi) is 116. The van der Waals surface area contributed by atoms with Crippen LogP contribution in [0.15, 0.2) is 0 Å². The summed E-state index contributed by atoms with van der Waals surface area (Å²) < 4.78 is 0. The third kappa shape index (κ3) is 18.2. The van der Waals surface area contributed by atoms with Gasteiger partial charge in [0, 0.05) is 37.2 Å². The minimum Gasteiger partial charge on any atom is -1.00 e. The Morgan fingerprint density at radius 3 is 1.00 bits per heavy atom. The fourth-order valence-corrected chi connectivity index (χ4v) is 0. The molecule has 0 saturated carbocycles. The van der Waals surface area contributed by atoms with Crippen LogP contribution in [0, 0.1) is 0 Å². The first kappa shape index (κ1) is 23.3. The fraction of sp³-hybridized carbons (Fsp3) is 0. The largest absolute Gasteiger partial charge is 1.00 e. The zero-order valence-electron chi connectivity index (χ0n) is 2.63. The monoisotopic (exact) mass is 438 g/mol. The van der Waals surface area contributed by atoms with Crippen LogP contribution in [0.1, 0.15) is 0 Å². The summed E-state index contributed by atoms with van der Waals surface area (Å²) in [6, 6.07) is 0. The molecular formula is H2I3KO. The fourth-order valence-electron chi connectivity index (χ4n) is 0. The van der Waals surface area contributed by atoms with Gasteiger partial charge in [0.2, 0.25) is 0 Å². The molecule has 0 aliphatic carbocycles. The van der Waals surface area contributed by atoms with Crippen LogP contribution < -0.4 is 75.4 Å². The van der Waals surface area contributed by atoms with Gasteiger partial charge in [0.25, 0.3) is 0 Å². The predicted octanol–water partition coefficient (Wildman–Crippen LogP) is -5.05. The quantitative estimate of drug-likeness (QED) is 0.268. The molecule has 30 valence electrons. The zero-order valence-corrected chi connectivity index (χ0v) is 12.2. The first-order valence-electron chi connectivity index (χ1n) is 0.143. The molecule has 0 radical (unpaired) electrons. The van der Waals surface area contributed by atoms with Crippen molar-refractivity contribution in [3.63, 3.8) is 0 Å².